The summed E-state index contributed by atoms with van der Waals surface area (Å²) in [7, 11) is 0. The maximum absolute atomic E-state index is 11.2. The highest BCUT2D eigenvalue weighted by Crippen LogP contribution is 2.41. The van der Waals surface area contributed by atoms with Gasteiger partial charge in [-0.25, -0.2) is 14.8 Å². The van der Waals surface area contributed by atoms with Crippen LogP contribution in [0.15, 0.2) is 28.3 Å². The molecule has 2 rings (SSSR count). The Hall–Kier alpha value is -3.08. The molecule has 1 heterocycles. The second-order valence-electron chi connectivity index (χ2n) is 4.70. The summed E-state index contributed by atoms with van der Waals surface area (Å²) in [5.41, 5.74) is -0.724. The number of nitro groups is 2. The number of aryl methyl sites for hydroxylation is 2. The van der Waals surface area contributed by atoms with Crippen molar-refractivity contribution >= 4 is 29.1 Å². The molecule has 0 radical (unpaired) electrons. The maximum Gasteiger partial charge on any atom is 0.336 e. The van der Waals surface area contributed by atoms with Crippen molar-refractivity contribution in [1.82, 2.24) is 9.97 Å². The predicted molar refractivity (Wildman–Crippen MR) is 82.3 cm³/mol. The molecule has 0 bridgehead atoms. The smallest absolute Gasteiger partial charge is 0.336 e. The van der Waals surface area contributed by atoms with Crippen LogP contribution < -0.4 is 0 Å². The van der Waals surface area contributed by atoms with E-state index in [9.17, 15) is 25.0 Å². The lowest BCUT2D eigenvalue weighted by atomic mass is 10.2. The Kier molecular flexibility index (Phi) is 4.74. The van der Waals surface area contributed by atoms with Crippen LogP contribution in [0.4, 0.5) is 11.4 Å². The Labute approximate surface area is 138 Å². The van der Waals surface area contributed by atoms with Crippen LogP contribution in [0, 0.1) is 34.1 Å². The second kappa shape index (κ2) is 6.58. The molecular formula is C13H10N4O6S. The lowest BCUT2D eigenvalue weighted by Gasteiger charge is -2.06. The molecule has 1 N–H and O–H groups in total. The van der Waals surface area contributed by atoms with Gasteiger partial charge in [0.05, 0.1) is 15.4 Å². The summed E-state index contributed by atoms with van der Waals surface area (Å²) in [6, 6.07) is 3.24. The maximum atomic E-state index is 11.2. The van der Waals surface area contributed by atoms with Gasteiger partial charge in [0.15, 0.2) is 10.1 Å². The van der Waals surface area contributed by atoms with Crippen LogP contribution in [0.2, 0.25) is 0 Å². The lowest BCUT2D eigenvalue weighted by Crippen LogP contribution is -2.04. The Bertz CT molecular complexity index is 814. The first kappa shape index (κ1) is 17.3. The highest BCUT2D eigenvalue weighted by Gasteiger charge is 2.30. The van der Waals surface area contributed by atoms with Crippen LogP contribution in [0.3, 0.4) is 0 Å². The predicted octanol–water partition coefficient (Wildman–Crippen LogP) is 2.76. The number of nitro benzene ring substituents is 2. The largest absolute Gasteiger partial charge is 0.478 e. The fourth-order valence-corrected chi connectivity index (χ4v) is 2.97. The lowest BCUT2D eigenvalue weighted by molar-refractivity contribution is -0.399. The van der Waals surface area contributed by atoms with Gasteiger partial charge in [-0.1, -0.05) is 0 Å². The van der Waals surface area contributed by atoms with Crippen molar-refractivity contribution in [2.24, 2.45) is 0 Å². The molecule has 124 valence electrons. The van der Waals surface area contributed by atoms with Crippen LogP contribution in [0.25, 0.3) is 0 Å². The van der Waals surface area contributed by atoms with E-state index in [0.29, 0.717) is 23.1 Å². The summed E-state index contributed by atoms with van der Waals surface area (Å²) >= 11 is 0.648. The molecule has 0 saturated carbocycles. The molecule has 0 amide bonds. The van der Waals surface area contributed by atoms with Gasteiger partial charge in [-0.2, -0.15) is 0 Å². The van der Waals surface area contributed by atoms with Gasteiger partial charge in [-0.15, -0.1) is 0 Å². The van der Waals surface area contributed by atoms with Gasteiger partial charge >= 0.3 is 5.97 Å². The Morgan fingerprint density at radius 1 is 1.04 bits per heavy atom. The van der Waals surface area contributed by atoms with Crippen molar-refractivity contribution in [3.8, 4) is 0 Å². The van der Waals surface area contributed by atoms with E-state index < -0.39 is 32.8 Å². The van der Waals surface area contributed by atoms with Crippen LogP contribution >= 0.6 is 11.8 Å². The first-order valence-corrected chi connectivity index (χ1v) is 7.21. The number of hydrogen-bond acceptors (Lipinski definition) is 8. The molecule has 0 spiro atoms. The van der Waals surface area contributed by atoms with Crippen molar-refractivity contribution in [1.29, 1.82) is 0 Å². The molecule has 2 aromatic rings. The Morgan fingerprint density at radius 2 is 1.50 bits per heavy atom. The number of carboxylic acid groups (broad SMARTS) is 1. The molecule has 0 aliphatic rings. The molecule has 1 aromatic heterocycles. The summed E-state index contributed by atoms with van der Waals surface area (Å²) in [5, 5.41) is 31.5. The Balaban J connectivity index is 2.68. The van der Waals surface area contributed by atoms with Gasteiger partial charge in [0.2, 0.25) is 0 Å². The van der Waals surface area contributed by atoms with Crippen LogP contribution in [0.5, 0.6) is 0 Å². The fraction of sp³-hybridized carbons (Fsp3) is 0.154. The molecule has 0 unspecified atom stereocenters. The molecule has 0 saturated heterocycles. The molecule has 0 atom stereocenters. The second-order valence-corrected chi connectivity index (χ2v) is 5.68. The third-order valence-corrected chi connectivity index (χ3v) is 3.83. The van der Waals surface area contributed by atoms with E-state index in [4.69, 9.17) is 5.11 Å². The van der Waals surface area contributed by atoms with Gasteiger partial charge in [0.25, 0.3) is 11.4 Å². The van der Waals surface area contributed by atoms with E-state index in [-0.39, 0.29) is 10.1 Å². The third-order valence-electron chi connectivity index (χ3n) is 2.85. The van der Waals surface area contributed by atoms with Crippen LogP contribution in [-0.4, -0.2) is 30.9 Å². The van der Waals surface area contributed by atoms with Gasteiger partial charge in [-0.05, 0) is 31.7 Å². The van der Waals surface area contributed by atoms with Gasteiger partial charge in [-0.3, -0.25) is 20.2 Å². The van der Waals surface area contributed by atoms with Crippen molar-refractivity contribution in [2.45, 2.75) is 23.9 Å². The van der Waals surface area contributed by atoms with Gasteiger partial charge in [0.1, 0.15) is 0 Å². The van der Waals surface area contributed by atoms with E-state index in [1.54, 1.807) is 19.9 Å². The minimum Gasteiger partial charge on any atom is -0.478 e. The normalized spacial score (nSPS) is 10.4. The molecule has 10 nitrogen and oxygen atoms in total. The number of carboxylic acids is 1. The summed E-state index contributed by atoms with van der Waals surface area (Å²) in [6.07, 6.45) is 0. The monoisotopic (exact) mass is 350 g/mol. The van der Waals surface area contributed by atoms with E-state index in [1.807, 2.05) is 0 Å². The minimum atomic E-state index is -1.50. The number of aromatic carboxylic acids is 1. The van der Waals surface area contributed by atoms with Gasteiger partial charge < -0.3 is 5.11 Å². The molecule has 0 aliphatic heterocycles. The van der Waals surface area contributed by atoms with Crippen molar-refractivity contribution < 1.29 is 19.7 Å². The van der Waals surface area contributed by atoms with Crippen molar-refractivity contribution in [2.75, 3.05) is 0 Å². The zero-order valence-corrected chi connectivity index (χ0v) is 13.2. The molecule has 0 fully saturated rings. The van der Waals surface area contributed by atoms with Crippen molar-refractivity contribution in [3.05, 3.63) is 55.4 Å². The Morgan fingerprint density at radius 3 is 1.88 bits per heavy atom. The molecule has 0 aliphatic carbocycles. The number of nitrogens with zero attached hydrogens (tertiary/aromatic N) is 4. The number of benzene rings is 1. The quantitative estimate of drug-likeness (QED) is 0.487. The zero-order valence-electron chi connectivity index (χ0n) is 12.4. The highest BCUT2D eigenvalue weighted by atomic mass is 32.2. The molecule has 24 heavy (non-hydrogen) atoms. The van der Waals surface area contributed by atoms with E-state index in [0.717, 1.165) is 12.1 Å². The number of aromatic nitrogens is 2. The molecular weight excluding hydrogens is 340 g/mol. The highest BCUT2D eigenvalue weighted by molar-refractivity contribution is 7.99. The number of rotatable bonds is 5. The average molecular weight is 350 g/mol. The summed E-state index contributed by atoms with van der Waals surface area (Å²) < 4.78 is 0. The average Bonchev–Trinajstić information content (AvgIpc) is 2.45. The number of hydrogen-bond donors (Lipinski definition) is 1. The van der Waals surface area contributed by atoms with E-state index in [1.165, 1.54) is 0 Å². The minimum absolute atomic E-state index is 0.0989. The van der Waals surface area contributed by atoms with Gasteiger partial charge in [0, 0.05) is 23.5 Å². The summed E-state index contributed by atoms with van der Waals surface area (Å²) in [4.78, 5) is 39.6. The van der Waals surface area contributed by atoms with E-state index in [2.05, 4.69) is 9.97 Å². The third kappa shape index (κ3) is 3.63. The standard InChI is InChI=1S/C13H10N4O6S/c1-6-3-7(2)15-13(14-6)24-11-9(16(20)21)4-8(12(18)19)5-10(11)17(22)23/h3-5H,1-2H3,(H,18,19). The topological polar surface area (TPSA) is 149 Å². The molecule has 11 heteroatoms. The fourth-order valence-electron chi connectivity index (χ4n) is 1.93. The summed E-state index contributed by atoms with van der Waals surface area (Å²) in [5.74, 6) is -1.50. The first-order chi connectivity index (χ1) is 11.2. The van der Waals surface area contributed by atoms with Crippen molar-refractivity contribution in [3.63, 3.8) is 0 Å². The zero-order chi connectivity index (χ0) is 18.0. The SMILES string of the molecule is Cc1cc(C)nc(Sc2c([N+](=O)[O-])cc(C(=O)O)cc2[N+](=O)[O-])n1. The summed E-state index contributed by atoms with van der Waals surface area (Å²) in [6.45, 7) is 3.38. The van der Waals surface area contributed by atoms with E-state index >= 15 is 0 Å². The number of carbonyl (C=O) groups is 1. The van der Waals surface area contributed by atoms with Crippen LogP contribution in [0.1, 0.15) is 21.7 Å². The molecule has 1 aromatic carbocycles. The van der Waals surface area contributed by atoms with Crippen LogP contribution in [-0.2, 0) is 0 Å². The first-order valence-electron chi connectivity index (χ1n) is 6.39.